The molecule has 0 bridgehead atoms. The van der Waals surface area contributed by atoms with E-state index in [1.54, 1.807) is 19.2 Å². The number of benzene rings is 1. The number of hydrogen-bond acceptors (Lipinski definition) is 5. The summed E-state index contributed by atoms with van der Waals surface area (Å²) in [5.74, 6) is 2.93. The van der Waals surface area contributed by atoms with Crippen LogP contribution in [0.25, 0.3) is 0 Å². The Morgan fingerprint density at radius 1 is 1.23 bits per heavy atom. The zero-order valence-corrected chi connectivity index (χ0v) is 15.2. The minimum atomic E-state index is -0.187. The third kappa shape index (κ3) is 3.73. The van der Waals surface area contributed by atoms with Crippen LogP contribution in [0.15, 0.2) is 18.2 Å². The number of fused-ring (bicyclic) bond motifs is 1. The van der Waals surface area contributed by atoms with E-state index in [0.717, 1.165) is 63.8 Å². The van der Waals surface area contributed by atoms with E-state index in [4.69, 9.17) is 19.6 Å². The van der Waals surface area contributed by atoms with Crippen molar-refractivity contribution in [3.8, 4) is 5.75 Å². The Balaban J connectivity index is 1.42. The molecule has 0 spiro atoms. The summed E-state index contributed by atoms with van der Waals surface area (Å²) in [6, 6.07) is 4.90. The summed E-state index contributed by atoms with van der Waals surface area (Å²) in [5.41, 5.74) is 0.666. The van der Waals surface area contributed by atoms with E-state index in [1.165, 1.54) is 6.07 Å². The molecule has 1 aromatic carbocycles. The zero-order valence-electron chi connectivity index (χ0n) is 15.2. The average molecular weight is 360 g/mol. The summed E-state index contributed by atoms with van der Waals surface area (Å²) in [5, 5.41) is 4.75. The molecule has 3 heterocycles. The topological polar surface area (TPSA) is 52.4 Å². The Bertz CT molecular complexity index is 732. The van der Waals surface area contributed by atoms with Crippen molar-refractivity contribution in [2.45, 2.75) is 38.3 Å². The maximum Gasteiger partial charge on any atom is 0.154 e. The van der Waals surface area contributed by atoms with Crippen LogP contribution in [-0.2, 0) is 24.2 Å². The molecule has 7 heteroatoms. The van der Waals surface area contributed by atoms with Crippen LogP contribution in [0.1, 0.15) is 36.0 Å². The minimum absolute atomic E-state index is 0.187. The van der Waals surface area contributed by atoms with Gasteiger partial charge in [0.15, 0.2) is 5.82 Å². The van der Waals surface area contributed by atoms with Gasteiger partial charge in [0, 0.05) is 50.8 Å². The molecule has 0 saturated carbocycles. The normalized spacial score (nSPS) is 19.2. The van der Waals surface area contributed by atoms with Crippen molar-refractivity contribution in [1.29, 1.82) is 0 Å². The van der Waals surface area contributed by atoms with Crippen LogP contribution < -0.4 is 4.74 Å². The highest BCUT2D eigenvalue weighted by Gasteiger charge is 2.24. The van der Waals surface area contributed by atoms with E-state index >= 15 is 0 Å². The van der Waals surface area contributed by atoms with Gasteiger partial charge in [-0.2, -0.15) is 5.10 Å². The van der Waals surface area contributed by atoms with E-state index in [0.29, 0.717) is 23.8 Å². The molecule has 0 radical (unpaired) electrons. The van der Waals surface area contributed by atoms with Crippen molar-refractivity contribution >= 4 is 0 Å². The first-order valence-corrected chi connectivity index (χ1v) is 9.29. The van der Waals surface area contributed by atoms with Crippen molar-refractivity contribution in [3.63, 3.8) is 0 Å². The van der Waals surface area contributed by atoms with E-state index < -0.39 is 0 Å². The second kappa shape index (κ2) is 7.72. The van der Waals surface area contributed by atoms with E-state index in [2.05, 4.69) is 4.90 Å². The predicted octanol–water partition coefficient (Wildman–Crippen LogP) is 2.38. The van der Waals surface area contributed by atoms with E-state index in [1.807, 2.05) is 4.68 Å². The average Bonchev–Trinajstić information content (AvgIpc) is 3.00. The summed E-state index contributed by atoms with van der Waals surface area (Å²) >= 11 is 0. The van der Waals surface area contributed by atoms with Crippen LogP contribution in [0.3, 0.4) is 0 Å². The van der Waals surface area contributed by atoms with Gasteiger partial charge in [0.1, 0.15) is 17.4 Å². The third-order valence-corrected chi connectivity index (χ3v) is 5.28. The van der Waals surface area contributed by atoms with Crippen LogP contribution >= 0.6 is 0 Å². The second-order valence-electron chi connectivity index (χ2n) is 6.98. The lowest BCUT2D eigenvalue weighted by Gasteiger charge is -2.20. The molecule has 0 atom stereocenters. The molecule has 1 aromatic heterocycles. The fourth-order valence-corrected chi connectivity index (χ4v) is 3.69. The minimum Gasteiger partial charge on any atom is -0.497 e. The van der Waals surface area contributed by atoms with Gasteiger partial charge < -0.3 is 9.47 Å². The van der Waals surface area contributed by atoms with Gasteiger partial charge >= 0.3 is 0 Å². The summed E-state index contributed by atoms with van der Waals surface area (Å²) in [6.07, 6.45) is 2.84. The monoisotopic (exact) mass is 360 g/mol. The molecule has 6 nitrogen and oxygen atoms in total. The highest BCUT2D eigenvalue weighted by atomic mass is 19.1. The van der Waals surface area contributed by atoms with Gasteiger partial charge in [-0.1, -0.05) is 0 Å². The molecule has 26 heavy (non-hydrogen) atoms. The molecule has 0 unspecified atom stereocenters. The van der Waals surface area contributed by atoms with Crippen molar-refractivity contribution < 1.29 is 13.9 Å². The number of halogens is 1. The number of rotatable bonds is 4. The molecular formula is C19H25FN4O2. The van der Waals surface area contributed by atoms with Crippen molar-refractivity contribution in [1.82, 2.24) is 19.7 Å². The maximum atomic E-state index is 14.1. The molecular weight excluding hydrogens is 335 g/mol. The van der Waals surface area contributed by atoms with Crippen LogP contribution in [0.4, 0.5) is 4.39 Å². The quantitative estimate of drug-likeness (QED) is 0.838. The van der Waals surface area contributed by atoms with Crippen molar-refractivity contribution in [2.75, 3.05) is 33.4 Å². The number of nitrogens with zero attached hydrogens (tertiary/aromatic N) is 4. The number of aromatic nitrogens is 3. The lowest BCUT2D eigenvalue weighted by molar-refractivity contribution is 0.0835. The highest BCUT2D eigenvalue weighted by molar-refractivity contribution is 5.29. The third-order valence-electron chi connectivity index (χ3n) is 5.28. The molecule has 2 aliphatic heterocycles. The van der Waals surface area contributed by atoms with Gasteiger partial charge in [0.25, 0.3) is 0 Å². The molecule has 0 aliphatic carbocycles. The van der Waals surface area contributed by atoms with Gasteiger partial charge in [-0.25, -0.2) is 14.1 Å². The molecule has 1 fully saturated rings. The molecule has 0 amide bonds. The molecule has 4 rings (SSSR count). The summed E-state index contributed by atoms with van der Waals surface area (Å²) in [6.45, 7) is 4.64. The fourth-order valence-electron chi connectivity index (χ4n) is 3.69. The number of hydrogen-bond donors (Lipinski definition) is 0. The van der Waals surface area contributed by atoms with E-state index in [-0.39, 0.29) is 5.82 Å². The second-order valence-corrected chi connectivity index (χ2v) is 6.98. The lowest BCUT2D eigenvalue weighted by atomic mass is 10.00. The van der Waals surface area contributed by atoms with Gasteiger partial charge in [0.05, 0.1) is 13.7 Å². The Morgan fingerprint density at radius 2 is 2.08 bits per heavy atom. The smallest absolute Gasteiger partial charge is 0.154 e. The largest absolute Gasteiger partial charge is 0.497 e. The Hall–Kier alpha value is -1.99. The fraction of sp³-hybridized carbons (Fsp3) is 0.579. The number of methoxy groups -OCH3 is 1. The van der Waals surface area contributed by atoms with Crippen molar-refractivity contribution in [3.05, 3.63) is 41.2 Å². The van der Waals surface area contributed by atoms with Gasteiger partial charge in [-0.05, 0) is 31.0 Å². The molecule has 0 N–H and O–H groups in total. The summed E-state index contributed by atoms with van der Waals surface area (Å²) < 4.78 is 26.8. The lowest BCUT2D eigenvalue weighted by Crippen LogP contribution is -2.27. The predicted molar refractivity (Wildman–Crippen MR) is 94.7 cm³/mol. The standard InChI is InChI=1S/C19H25FN4O2/c1-25-16-2-3-17(20)15(12-16)13-23-7-4-18-21-19(22-24(18)9-8-23)14-5-10-26-11-6-14/h2-3,12,14H,4-11,13H2,1H3. The van der Waals surface area contributed by atoms with Crippen LogP contribution in [0.2, 0.25) is 0 Å². The Morgan fingerprint density at radius 3 is 2.88 bits per heavy atom. The first kappa shape index (κ1) is 17.4. The molecule has 1 saturated heterocycles. The first-order chi connectivity index (χ1) is 12.7. The highest BCUT2D eigenvalue weighted by Crippen LogP contribution is 2.25. The summed E-state index contributed by atoms with van der Waals surface area (Å²) in [4.78, 5) is 7.05. The zero-order chi connectivity index (χ0) is 17.9. The molecule has 140 valence electrons. The van der Waals surface area contributed by atoms with Gasteiger partial charge in [-0.3, -0.25) is 4.90 Å². The van der Waals surface area contributed by atoms with Gasteiger partial charge in [-0.15, -0.1) is 0 Å². The summed E-state index contributed by atoms with van der Waals surface area (Å²) in [7, 11) is 1.60. The van der Waals surface area contributed by atoms with Crippen molar-refractivity contribution in [2.24, 2.45) is 0 Å². The van der Waals surface area contributed by atoms with E-state index in [9.17, 15) is 4.39 Å². The van der Waals surface area contributed by atoms with Crippen LogP contribution in [-0.4, -0.2) is 53.1 Å². The Kier molecular flexibility index (Phi) is 5.17. The maximum absolute atomic E-state index is 14.1. The van der Waals surface area contributed by atoms with Crippen LogP contribution in [0, 0.1) is 5.82 Å². The SMILES string of the molecule is COc1ccc(F)c(CN2CCc3nc(C4CCOCC4)nn3CC2)c1. The first-order valence-electron chi connectivity index (χ1n) is 9.29. The molecule has 2 aliphatic rings. The number of ether oxygens (including phenoxy) is 2. The molecule has 2 aromatic rings. The Labute approximate surface area is 152 Å². The van der Waals surface area contributed by atoms with Crippen LogP contribution in [0.5, 0.6) is 5.75 Å². The van der Waals surface area contributed by atoms with Gasteiger partial charge in [0.2, 0.25) is 0 Å².